The molecule has 1 amide bonds. The predicted molar refractivity (Wildman–Crippen MR) is 133 cm³/mol. The molecule has 4 rings (SSSR count). The Kier molecular flexibility index (Phi) is 7.43. The van der Waals surface area contributed by atoms with Crippen LogP contribution in [0.5, 0.6) is 5.75 Å². The van der Waals surface area contributed by atoms with Gasteiger partial charge in [-0.2, -0.15) is 4.98 Å². The number of rotatable bonds is 10. The molecule has 3 N–H and O–H groups in total. The minimum atomic E-state index is -0.278. The first kappa shape index (κ1) is 22.5. The van der Waals surface area contributed by atoms with E-state index >= 15 is 0 Å². The summed E-state index contributed by atoms with van der Waals surface area (Å²) in [6.07, 6.45) is 2.65. The Morgan fingerprint density at radius 3 is 2.44 bits per heavy atom. The fraction of sp³-hybridized carbons (Fsp3) is 0.0769. The Morgan fingerprint density at radius 2 is 1.65 bits per heavy atom. The number of ether oxygens (including phenoxy) is 1. The van der Waals surface area contributed by atoms with Gasteiger partial charge in [0, 0.05) is 17.9 Å². The van der Waals surface area contributed by atoms with Crippen LogP contribution in [-0.4, -0.2) is 20.9 Å². The second-order valence-electron chi connectivity index (χ2n) is 7.30. The topological polar surface area (TPSA) is 101 Å². The lowest BCUT2D eigenvalue weighted by Crippen LogP contribution is -2.08. The lowest BCUT2D eigenvalue weighted by molar-refractivity contribution is -0.111. The third-order valence-corrected chi connectivity index (χ3v) is 4.77. The quantitative estimate of drug-likeness (QED) is 0.293. The third-order valence-electron chi connectivity index (χ3n) is 4.77. The largest absolute Gasteiger partial charge is 0.489 e. The van der Waals surface area contributed by atoms with Crippen molar-refractivity contribution in [3.8, 4) is 5.75 Å². The number of carbonyl (C=O) groups excluding carboxylic acids is 1. The first-order valence-electron chi connectivity index (χ1n) is 10.7. The van der Waals surface area contributed by atoms with E-state index in [-0.39, 0.29) is 5.91 Å². The summed E-state index contributed by atoms with van der Waals surface area (Å²) in [7, 11) is 0. The van der Waals surface area contributed by atoms with Gasteiger partial charge in [0.25, 0.3) is 0 Å². The number of nitrogens with zero attached hydrogens (tertiary/aromatic N) is 3. The minimum Gasteiger partial charge on any atom is -0.489 e. The third kappa shape index (κ3) is 6.64. The van der Waals surface area contributed by atoms with E-state index in [9.17, 15) is 4.79 Å². The molecule has 0 unspecified atom stereocenters. The Morgan fingerprint density at radius 1 is 0.882 bits per heavy atom. The summed E-state index contributed by atoms with van der Waals surface area (Å²) < 4.78 is 5.83. The van der Waals surface area contributed by atoms with Crippen molar-refractivity contribution in [2.45, 2.75) is 13.2 Å². The van der Waals surface area contributed by atoms with E-state index in [2.05, 4.69) is 37.5 Å². The monoisotopic (exact) mass is 452 g/mol. The molecule has 170 valence electrons. The number of carbonyl (C=O) groups is 1. The predicted octanol–water partition coefficient (Wildman–Crippen LogP) is 4.93. The smallest absolute Gasteiger partial charge is 0.247 e. The normalized spacial score (nSPS) is 10.2. The lowest BCUT2D eigenvalue weighted by atomic mass is 10.2. The standard InChI is InChI=1S/C26H24N6O2/c1-2-24(33)30-21-9-6-10-22(15-21)31-26-29-18-28-25(32-26)27-16-19-11-13-23(14-12-19)34-17-20-7-4-3-5-8-20/h2-15,18H,1,16-17H2,(H,30,33)(H2,27,28,29,31,32). The maximum atomic E-state index is 11.5. The molecular formula is C26H24N6O2. The van der Waals surface area contributed by atoms with Gasteiger partial charge in [0.2, 0.25) is 17.8 Å². The highest BCUT2D eigenvalue weighted by molar-refractivity contribution is 5.99. The molecule has 0 fully saturated rings. The van der Waals surface area contributed by atoms with Crippen molar-refractivity contribution in [2.24, 2.45) is 0 Å². The maximum Gasteiger partial charge on any atom is 0.247 e. The zero-order chi connectivity index (χ0) is 23.6. The molecule has 0 aliphatic rings. The fourth-order valence-corrected chi connectivity index (χ4v) is 3.06. The van der Waals surface area contributed by atoms with Crippen molar-refractivity contribution >= 4 is 29.2 Å². The highest BCUT2D eigenvalue weighted by Crippen LogP contribution is 2.19. The van der Waals surface area contributed by atoms with Gasteiger partial charge in [-0.15, -0.1) is 0 Å². The SMILES string of the molecule is C=CC(=O)Nc1cccc(Nc2ncnc(NCc3ccc(OCc4ccccc4)cc3)n2)c1. The second-order valence-corrected chi connectivity index (χ2v) is 7.30. The number of benzene rings is 3. The minimum absolute atomic E-state index is 0.278. The lowest BCUT2D eigenvalue weighted by Gasteiger charge is -2.10. The summed E-state index contributed by atoms with van der Waals surface area (Å²) in [5, 5.41) is 9.03. The molecule has 4 aromatic rings. The van der Waals surface area contributed by atoms with Crippen LogP contribution in [0.4, 0.5) is 23.3 Å². The van der Waals surface area contributed by atoms with E-state index in [0.29, 0.717) is 30.7 Å². The number of anilines is 4. The van der Waals surface area contributed by atoms with Gasteiger partial charge in [0.15, 0.2) is 0 Å². The van der Waals surface area contributed by atoms with Crippen LogP contribution in [0.2, 0.25) is 0 Å². The van der Waals surface area contributed by atoms with E-state index in [0.717, 1.165) is 22.6 Å². The van der Waals surface area contributed by atoms with Crippen molar-refractivity contribution in [3.05, 3.63) is 109 Å². The first-order valence-corrected chi connectivity index (χ1v) is 10.7. The number of aromatic nitrogens is 3. The van der Waals surface area contributed by atoms with Crippen LogP contribution in [0, 0.1) is 0 Å². The molecule has 0 bridgehead atoms. The zero-order valence-electron chi connectivity index (χ0n) is 18.4. The van der Waals surface area contributed by atoms with Crippen molar-refractivity contribution in [2.75, 3.05) is 16.0 Å². The highest BCUT2D eigenvalue weighted by Gasteiger charge is 2.04. The van der Waals surface area contributed by atoms with Gasteiger partial charge in [-0.05, 0) is 47.5 Å². The fourth-order valence-electron chi connectivity index (χ4n) is 3.06. The first-order chi connectivity index (χ1) is 16.7. The van der Waals surface area contributed by atoms with Crippen molar-refractivity contribution in [1.29, 1.82) is 0 Å². The van der Waals surface area contributed by atoms with E-state index in [1.54, 1.807) is 12.1 Å². The molecule has 0 saturated carbocycles. The number of hydrogen-bond acceptors (Lipinski definition) is 7. The molecule has 34 heavy (non-hydrogen) atoms. The molecular weight excluding hydrogens is 428 g/mol. The Balaban J connectivity index is 1.31. The van der Waals surface area contributed by atoms with E-state index in [1.165, 1.54) is 12.4 Å². The van der Waals surface area contributed by atoms with E-state index in [4.69, 9.17) is 4.74 Å². The van der Waals surface area contributed by atoms with Crippen LogP contribution in [0.3, 0.4) is 0 Å². The Labute approximate surface area is 197 Å². The van der Waals surface area contributed by atoms with Gasteiger partial charge in [-0.25, -0.2) is 9.97 Å². The van der Waals surface area contributed by atoms with Crippen LogP contribution in [0.25, 0.3) is 0 Å². The van der Waals surface area contributed by atoms with Gasteiger partial charge in [-0.1, -0.05) is 55.1 Å². The molecule has 0 spiro atoms. The molecule has 0 saturated heterocycles. The second kappa shape index (κ2) is 11.2. The summed E-state index contributed by atoms with van der Waals surface area (Å²) in [6.45, 7) is 4.53. The number of nitrogens with one attached hydrogen (secondary N) is 3. The van der Waals surface area contributed by atoms with Crippen molar-refractivity contribution < 1.29 is 9.53 Å². The summed E-state index contributed by atoms with van der Waals surface area (Å²) in [6, 6.07) is 25.2. The van der Waals surface area contributed by atoms with Gasteiger partial charge >= 0.3 is 0 Å². The molecule has 0 aliphatic heterocycles. The highest BCUT2D eigenvalue weighted by atomic mass is 16.5. The molecule has 0 atom stereocenters. The zero-order valence-corrected chi connectivity index (χ0v) is 18.4. The van der Waals surface area contributed by atoms with Crippen LogP contribution in [0.1, 0.15) is 11.1 Å². The van der Waals surface area contributed by atoms with Gasteiger partial charge in [0.1, 0.15) is 18.7 Å². The molecule has 1 aromatic heterocycles. The van der Waals surface area contributed by atoms with Crippen molar-refractivity contribution in [1.82, 2.24) is 15.0 Å². The molecule has 3 aromatic carbocycles. The summed E-state index contributed by atoms with van der Waals surface area (Å²) >= 11 is 0. The van der Waals surface area contributed by atoms with Crippen LogP contribution in [0.15, 0.2) is 97.8 Å². The average molecular weight is 453 g/mol. The van der Waals surface area contributed by atoms with Crippen LogP contribution in [-0.2, 0) is 17.9 Å². The summed E-state index contributed by atoms with van der Waals surface area (Å²) in [4.78, 5) is 24.2. The van der Waals surface area contributed by atoms with Gasteiger partial charge in [-0.3, -0.25) is 4.79 Å². The molecule has 0 radical (unpaired) electrons. The summed E-state index contributed by atoms with van der Waals surface area (Å²) in [5.41, 5.74) is 3.55. The summed E-state index contributed by atoms with van der Waals surface area (Å²) in [5.74, 6) is 1.36. The average Bonchev–Trinajstić information content (AvgIpc) is 2.88. The molecule has 8 heteroatoms. The Hall–Kier alpha value is -4.72. The molecule has 0 aliphatic carbocycles. The van der Waals surface area contributed by atoms with Gasteiger partial charge in [0.05, 0.1) is 0 Å². The number of hydrogen-bond donors (Lipinski definition) is 3. The maximum absolute atomic E-state index is 11.5. The van der Waals surface area contributed by atoms with Crippen LogP contribution < -0.4 is 20.7 Å². The van der Waals surface area contributed by atoms with E-state index in [1.807, 2.05) is 66.7 Å². The van der Waals surface area contributed by atoms with Crippen LogP contribution >= 0.6 is 0 Å². The van der Waals surface area contributed by atoms with Crippen molar-refractivity contribution in [3.63, 3.8) is 0 Å². The van der Waals surface area contributed by atoms with Gasteiger partial charge < -0.3 is 20.7 Å². The molecule has 8 nitrogen and oxygen atoms in total. The number of amides is 1. The van der Waals surface area contributed by atoms with E-state index < -0.39 is 0 Å². The Bertz CT molecular complexity index is 1250. The molecule has 1 heterocycles.